The highest BCUT2D eigenvalue weighted by Crippen LogP contribution is 2.56. The number of fused-ring (bicyclic) bond motifs is 3. The number of rotatable bonds is 7. The molecule has 346 valence electrons. The van der Waals surface area contributed by atoms with Gasteiger partial charge < -0.3 is 14.2 Å². The molecule has 2 fully saturated rings. The minimum Gasteiger partial charge on any atom is -0.376 e. The summed E-state index contributed by atoms with van der Waals surface area (Å²) >= 11 is 0. The van der Waals surface area contributed by atoms with Gasteiger partial charge in [0.25, 0.3) is 5.91 Å². The lowest BCUT2D eigenvalue weighted by atomic mass is 9.83. The molecule has 1 amide bonds. The number of aryl methyl sites for hydroxylation is 3. The van der Waals surface area contributed by atoms with Crippen LogP contribution in [0.3, 0.4) is 0 Å². The van der Waals surface area contributed by atoms with Crippen molar-refractivity contribution in [2.45, 2.75) is 89.8 Å². The molecule has 1 N–H and O–H groups in total. The van der Waals surface area contributed by atoms with Crippen LogP contribution < -0.4 is 11.4 Å². The van der Waals surface area contributed by atoms with Gasteiger partial charge in [0.2, 0.25) is 0 Å². The minimum atomic E-state index is -3.78. The third-order valence-electron chi connectivity index (χ3n) is 14.3. The maximum Gasteiger partial charge on any atom is 0.438 e. The first kappa shape index (κ1) is 42.6. The van der Waals surface area contributed by atoms with Crippen LogP contribution in [0.5, 0.6) is 0 Å². The van der Waals surface area contributed by atoms with Crippen molar-refractivity contribution in [2.24, 2.45) is 13.0 Å². The Balaban J connectivity index is 1.09. The molecule has 3 aliphatic rings. The number of carbonyl (C=O) groups excluding carboxylic acids is 1. The summed E-state index contributed by atoms with van der Waals surface area (Å²) in [5.74, 6) is -6.49. The van der Waals surface area contributed by atoms with E-state index in [-0.39, 0.29) is 68.2 Å². The van der Waals surface area contributed by atoms with Crippen molar-refractivity contribution in [3.63, 3.8) is 0 Å². The molecule has 1 saturated heterocycles. The molecule has 0 bridgehead atoms. The van der Waals surface area contributed by atoms with Crippen molar-refractivity contribution in [2.75, 3.05) is 13.2 Å². The highest BCUT2D eigenvalue weighted by Gasteiger charge is 2.60. The first-order valence-corrected chi connectivity index (χ1v) is 22.2. The number of carbonyl (C=O) groups is 1. The molecule has 0 spiro atoms. The molecular weight excluding hydrogens is 873 g/mol. The van der Waals surface area contributed by atoms with E-state index < -0.39 is 58.7 Å². The Hall–Kier alpha value is -7.02. The molecule has 2 aliphatic heterocycles. The van der Waals surface area contributed by atoms with E-state index in [1.807, 2.05) is 39.0 Å². The lowest BCUT2D eigenvalue weighted by Crippen LogP contribution is -2.47. The second-order valence-electron chi connectivity index (χ2n) is 19.1. The van der Waals surface area contributed by atoms with E-state index in [0.29, 0.717) is 29.4 Å². The van der Waals surface area contributed by atoms with E-state index in [9.17, 15) is 9.59 Å². The molecule has 8 aromatic rings. The molecule has 67 heavy (non-hydrogen) atoms. The fourth-order valence-corrected chi connectivity index (χ4v) is 10.8. The summed E-state index contributed by atoms with van der Waals surface area (Å²) in [6.07, 6.45) is 6.00. The zero-order valence-electron chi connectivity index (χ0n) is 37.7. The topological polar surface area (TPSA) is 156 Å². The Labute approximate surface area is 379 Å². The van der Waals surface area contributed by atoms with E-state index in [2.05, 4.69) is 20.3 Å². The first-order valence-electron chi connectivity index (χ1n) is 22.2. The van der Waals surface area contributed by atoms with Gasteiger partial charge in [-0.1, -0.05) is 18.1 Å². The van der Waals surface area contributed by atoms with Gasteiger partial charge in [-0.3, -0.25) is 28.1 Å². The second-order valence-corrected chi connectivity index (χ2v) is 19.1. The standard InChI is InChI=1S/C48H46F4N10O5/c1-24-16-31(17-25(2)38(24)49)62-41(59-14-13-58(45(59)65)35-11-10-34-32(39(35)50)22-53-57(34)7)37-27(4)60(23-48(51,52)40(37)55-62)42(63)36-19-30-18-28(29-12-15-66-46(5,6)21-29)8-9-33(30)61(36)47(20-26(47)3)43-54-44(64)67-56-43/h8-11,13-14,16-19,22,26-27,29H,12,15,20-21,23H2,1-7H3,(H,54,56,64)/t26-,27-,29-,47-/m0/s1. The van der Waals surface area contributed by atoms with Gasteiger partial charge in [-0.15, -0.1) is 0 Å². The lowest BCUT2D eigenvalue weighted by molar-refractivity contribution is -0.0593. The number of hydrogen-bond donors (Lipinski definition) is 1. The highest BCUT2D eigenvalue weighted by molar-refractivity contribution is 6.00. The number of aromatic nitrogens is 9. The van der Waals surface area contributed by atoms with Crippen LogP contribution in [0.4, 0.5) is 17.6 Å². The second kappa shape index (κ2) is 14.5. The number of halogens is 4. The Morgan fingerprint density at radius 2 is 1.64 bits per heavy atom. The molecule has 11 rings (SSSR count). The zero-order chi connectivity index (χ0) is 47.2. The highest BCUT2D eigenvalue weighted by atomic mass is 19.3. The van der Waals surface area contributed by atoms with Crippen LogP contribution in [0, 0.1) is 31.4 Å². The first-order chi connectivity index (χ1) is 31.8. The Bertz CT molecular complexity index is 3470. The predicted molar refractivity (Wildman–Crippen MR) is 237 cm³/mol. The van der Waals surface area contributed by atoms with Crippen molar-refractivity contribution < 1.29 is 31.6 Å². The summed E-state index contributed by atoms with van der Waals surface area (Å²) in [5.41, 5.74) is -0.349. The molecule has 1 saturated carbocycles. The van der Waals surface area contributed by atoms with Gasteiger partial charge in [-0.2, -0.15) is 19.0 Å². The van der Waals surface area contributed by atoms with Crippen LogP contribution in [0.2, 0.25) is 0 Å². The van der Waals surface area contributed by atoms with Gasteiger partial charge in [0.1, 0.15) is 28.6 Å². The average molecular weight is 919 g/mol. The molecule has 5 aromatic heterocycles. The maximum atomic E-state index is 17.2. The fourth-order valence-electron chi connectivity index (χ4n) is 10.8. The summed E-state index contributed by atoms with van der Waals surface area (Å²) < 4.78 is 83.1. The lowest BCUT2D eigenvalue weighted by Gasteiger charge is -2.37. The van der Waals surface area contributed by atoms with Gasteiger partial charge in [0, 0.05) is 42.5 Å². The quantitative estimate of drug-likeness (QED) is 0.158. The SMILES string of the molecule is Cc1cc(-n2nc3c(c2-n2ccn(-c4ccc5c(cnn5C)c4F)c2=O)[C@H](C)N(C(=O)c2cc4cc([C@H]5CCOC(C)(C)C5)ccc4n2[C@@]2(c4noc(=O)[nH]4)C[C@@H]2C)CC3(F)F)cc(C)c1F. The number of nitrogens with zero attached hydrogens (tertiary/aromatic N) is 9. The number of amides is 1. The van der Waals surface area contributed by atoms with Gasteiger partial charge in [0.15, 0.2) is 11.6 Å². The van der Waals surface area contributed by atoms with Gasteiger partial charge >= 0.3 is 17.4 Å². The maximum absolute atomic E-state index is 17.2. The van der Waals surface area contributed by atoms with Crippen LogP contribution in [0.1, 0.15) is 103 Å². The smallest absolute Gasteiger partial charge is 0.376 e. The summed E-state index contributed by atoms with van der Waals surface area (Å²) in [4.78, 5) is 46.3. The van der Waals surface area contributed by atoms with Crippen molar-refractivity contribution in [3.05, 3.63) is 139 Å². The van der Waals surface area contributed by atoms with Crippen molar-refractivity contribution in [3.8, 4) is 17.2 Å². The summed E-state index contributed by atoms with van der Waals surface area (Å²) in [5, 5.41) is 13.5. The average Bonchev–Trinajstić information content (AvgIpc) is 3.92. The number of alkyl halides is 2. The molecular formula is C48H46F4N10O5. The fraction of sp³-hybridized carbons (Fsp3) is 0.375. The minimum absolute atomic E-state index is 0.0714. The van der Waals surface area contributed by atoms with Crippen molar-refractivity contribution in [1.29, 1.82) is 0 Å². The van der Waals surface area contributed by atoms with E-state index in [1.165, 1.54) is 55.3 Å². The van der Waals surface area contributed by atoms with Crippen LogP contribution in [0.15, 0.2) is 81.2 Å². The third kappa shape index (κ3) is 6.33. The molecule has 4 atom stereocenters. The number of benzene rings is 3. The molecule has 19 heteroatoms. The van der Waals surface area contributed by atoms with Crippen LogP contribution in [-0.4, -0.2) is 73.0 Å². The number of ether oxygens (including phenoxy) is 1. The van der Waals surface area contributed by atoms with Gasteiger partial charge in [0.05, 0.1) is 46.7 Å². The Morgan fingerprint density at radius 3 is 2.33 bits per heavy atom. The number of nitrogens with one attached hydrogen (secondary N) is 1. The van der Waals surface area contributed by atoms with Crippen molar-refractivity contribution >= 4 is 27.7 Å². The Kier molecular flexibility index (Phi) is 9.21. The number of H-pyrrole nitrogens is 1. The third-order valence-corrected chi connectivity index (χ3v) is 14.3. The zero-order valence-corrected chi connectivity index (χ0v) is 37.7. The Morgan fingerprint density at radius 1 is 0.925 bits per heavy atom. The summed E-state index contributed by atoms with van der Waals surface area (Å²) in [7, 11) is 1.66. The van der Waals surface area contributed by atoms with E-state index in [0.717, 1.165) is 37.1 Å². The molecule has 7 heterocycles. The molecule has 1 aliphatic carbocycles. The van der Waals surface area contributed by atoms with E-state index in [1.54, 1.807) is 30.7 Å². The predicted octanol–water partition coefficient (Wildman–Crippen LogP) is 7.99. The number of aromatic amines is 1. The summed E-state index contributed by atoms with van der Waals surface area (Å²) in [6, 6.07) is 12.4. The largest absolute Gasteiger partial charge is 0.438 e. The van der Waals surface area contributed by atoms with E-state index in [4.69, 9.17) is 9.26 Å². The molecule has 15 nitrogen and oxygen atoms in total. The van der Waals surface area contributed by atoms with Gasteiger partial charge in [-0.25, -0.2) is 23.1 Å². The van der Waals surface area contributed by atoms with Crippen LogP contribution >= 0.6 is 0 Å². The molecule has 0 radical (unpaired) electrons. The van der Waals surface area contributed by atoms with Crippen LogP contribution in [0.25, 0.3) is 39.0 Å². The monoisotopic (exact) mass is 918 g/mol. The molecule has 0 unspecified atom stereocenters. The normalized spacial score (nSPS) is 22.2. The van der Waals surface area contributed by atoms with Crippen LogP contribution in [-0.2, 0) is 23.2 Å². The number of hydrogen-bond acceptors (Lipinski definition) is 8. The van der Waals surface area contributed by atoms with Crippen molar-refractivity contribution in [1.82, 2.24) is 48.3 Å². The van der Waals surface area contributed by atoms with Gasteiger partial charge in [-0.05, 0) is 125 Å². The molecule has 3 aromatic carbocycles. The summed E-state index contributed by atoms with van der Waals surface area (Å²) in [6.45, 7) is 10.2. The van der Waals surface area contributed by atoms with E-state index >= 15 is 22.4 Å². The number of imidazole rings is 1.